The van der Waals surface area contributed by atoms with Gasteiger partial charge in [0.1, 0.15) is 23.1 Å². The van der Waals surface area contributed by atoms with E-state index in [0.29, 0.717) is 23.7 Å². The number of likely N-dealkylation sites (N-methyl/N-ethyl adjacent to an activating group) is 1. The number of ether oxygens (including phenoxy) is 1. The second-order valence-corrected chi connectivity index (χ2v) is 7.48. The smallest absolute Gasteiger partial charge is 0.211 e. The highest BCUT2D eigenvalue weighted by Crippen LogP contribution is 2.30. The van der Waals surface area contributed by atoms with Crippen molar-refractivity contribution in [3.8, 4) is 5.75 Å². The maximum absolute atomic E-state index is 13.8. The fourth-order valence-electron chi connectivity index (χ4n) is 2.60. The SMILES string of the molecule is C=C(/C=C(/CC)C(F)=NC)C(=O)c1sc(Nc2ccc(OCCNCC)cc2)nc1N. The van der Waals surface area contributed by atoms with Gasteiger partial charge in [0.15, 0.2) is 5.13 Å². The summed E-state index contributed by atoms with van der Waals surface area (Å²) in [7, 11) is 1.35. The molecule has 166 valence electrons. The van der Waals surface area contributed by atoms with Crippen LogP contribution in [0.1, 0.15) is 29.9 Å². The highest BCUT2D eigenvalue weighted by atomic mass is 32.1. The van der Waals surface area contributed by atoms with Crippen molar-refractivity contribution in [1.29, 1.82) is 0 Å². The lowest BCUT2D eigenvalue weighted by Gasteiger charge is -2.07. The number of nitrogens with two attached hydrogens (primary N) is 1. The number of ketones is 1. The van der Waals surface area contributed by atoms with E-state index in [9.17, 15) is 9.18 Å². The Balaban J connectivity index is 2.06. The number of nitrogens with one attached hydrogen (secondary N) is 2. The number of carbonyl (C=O) groups excluding carboxylic acids is 1. The minimum atomic E-state index is -0.620. The molecule has 0 atom stereocenters. The molecule has 2 aromatic rings. The maximum Gasteiger partial charge on any atom is 0.211 e. The molecule has 0 amide bonds. The van der Waals surface area contributed by atoms with Crippen molar-refractivity contribution in [1.82, 2.24) is 10.3 Å². The van der Waals surface area contributed by atoms with Gasteiger partial charge in [-0.2, -0.15) is 4.39 Å². The van der Waals surface area contributed by atoms with Gasteiger partial charge >= 0.3 is 0 Å². The van der Waals surface area contributed by atoms with Crippen molar-refractivity contribution in [2.45, 2.75) is 20.3 Å². The van der Waals surface area contributed by atoms with Crippen LogP contribution in [-0.4, -0.2) is 43.5 Å². The molecule has 4 N–H and O–H groups in total. The summed E-state index contributed by atoms with van der Waals surface area (Å²) in [6, 6.07) is 7.40. The molecule has 7 nitrogen and oxygen atoms in total. The Hall–Kier alpha value is -3.04. The largest absolute Gasteiger partial charge is 0.492 e. The lowest BCUT2D eigenvalue weighted by molar-refractivity contribution is 0.104. The van der Waals surface area contributed by atoms with Crippen LogP contribution in [0.4, 0.5) is 21.0 Å². The van der Waals surface area contributed by atoms with Crippen LogP contribution < -0.4 is 21.1 Å². The van der Waals surface area contributed by atoms with Crippen molar-refractivity contribution < 1.29 is 13.9 Å². The topological polar surface area (TPSA) is 102 Å². The van der Waals surface area contributed by atoms with Gasteiger partial charge in [-0.05, 0) is 43.3 Å². The summed E-state index contributed by atoms with van der Waals surface area (Å²) < 4.78 is 19.4. The number of benzene rings is 1. The molecular formula is C22H28FN5O2S. The molecule has 0 aliphatic rings. The van der Waals surface area contributed by atoms with Gasteiger partial charge in [0.2, 0.25) is 11.7 Å². The van der Waals surface area contributed by atoms with Crippen LogP contribution in [0.5, 0.6) is 5.75 Å². The predicted octanol–water partition coefficient (Wildman–Crippen LogP) is 4.53. The van der Waals surface area contributed by atoms with E-state index in [2.05, 4.69) is 27.2 Å². The molecule has 31 heavy (non-hydrogen) atoms. The number of thiazole rings is 1. The van der Waals surface area contributed by atoms with Crippen LogP contribution in [-0.2, 0) is 0 Å². The maximum atomic E-state index is 13.8. The number of rotatable bonds is 12. The molecule has 9 heteroatoms. The molecule has 0 bridgehead atoms. The van der Waals surface area contributed by atoms with E-state index in [-0.39, 0.29) is 16.3 Å². The van der Waals surface area contributed by atoms with E-state index in [1.54, 1.807) is 6.92 Å². The van der Waals surface area contributed by atoms with Gasteiger partial charge in [-0.1, -0.05) is 31.8 Å². The van der Waals surface area contributed by atoms with E-state index in [4.69, 9.17) is 10.5 Å². The fraction of sp³-hybridized carbons (Fsp3) is 0.318. The average molecular weight is 446 g/mol. The number of nitrogen functional groups attached to an aromatic ring is 1. The second-order valence-electron chi connectivity index (χ2n) is 6.48. The Morgan fingerprint density at radius 3 is 2.68 bits per heavy atom. The molecule has 0 saturated carbocycles. The van der Waals surface area contributed by atoms with Crippen LogP contribution >= 0.6 is 11.3 Å². The molecule has 1 aromatic carbocycles. The summed E-state index contributed by atoms with van der Waals surface area (Å²) in [6.07, 6.45) is 1.78. The molecular weight excluding hydrogens is 417 g/mol. The minimum Gasteiger partial charge on any atom is -0.492 e. The lowest BCUT2D eigenvalue weighted by Crippen LogP contribution is -2.20. The van der Waals surface area contributed by atoms with Gasteiger partial charge < -0.3 is 21.1 Å². The Morgan fingerprint density at radius 2 is 2.06 bits per heavy atom. The predicted molar refractivity (Wildman–Crippen MR) is 127 cm³/mol. The first-order chi connectivity index (χ1) is 14.9. The van der Waals surface area contributed by atoms with Crippen molar-refractivity contribution in [2.24, 2.45) is 4.99 Å². The number of aromatic nitrogens is 1. The molecule has 0 spiro atoms. The third kappa shape index (κ3) is 7.01. The number of Topliss-reactive ketones (excluding diaryl/α,β-unsaturated/α-hetero) is 1. The zero-order valence-corrected chi connectivity index (χ0v) is 18.8. The normalized spacial score (nSPS) is 12.0. The molecule has 0 aliphatic heterocycles. The molecule has 0 radical (unpaired) electrons. The first-order valence-electron chi connectivity index (χ1n) is 9.93. The van der Waals surface area contributed by atoms with Crippen molar-refractivity contribution in [3.05, 3.63) is 52.9 Å². The standard InChI is InChI=1S/C22H28FN5O2S/c1-5-15(20(23)25-4)13-14(3)18(29)19-21(24)28-22(31-19)27-16-7-9-17(10-8-16)30-12-11-26-6-2/h7-10,13,26H,3,5-6,11-12,24H2,1-2,4H3,(H,27,28)/b15-13-,25-20?. The number of anilines is 3. The van der Waals surface area contributed by atoms with Gasteiger partial charge in [0.05, 0.1) is 0 Å². The van der Waals surface area contributed by atoms with E-state index in [1.807, 2.05) is 31.2 Å². The number of aliphatic imine (C=N–C) groups is 1. The fourth-order valence-corrected chi connectivity index (χ4v) is 3.48. The first-order valence-corrected chi connectivity index (χ1v) is 10.7. The zero-order valence-electron chi connectivity index (χ0n) is 18.0. The summed E-state index contributed by atoms with van der Waals surface area (Å²) in [6.45, 7) is 9.84. The summed E-state index contributed by atoms with van der Waals surface area (Å²) in [5.74, 6) is -0.166. The van der Waals surface area contributed by atoms with Gasteiger partial charge in [-0.15, -0.1) is 0 Å². The van der Waals surface area contributed by atoms with Crippen LogP contribution in [0.25, 0.3) is 0 Å². The van der Waals surface area contributed by atoms with E-state index in [1.165, 1.54) is 13.1 Å². The molecule has 1 heterocycles. The number of hydrogen-bond donors (Lipinski definition) is 3. The van der Waals surface area contributed by atoms with Gasteiger partial charge in [0, 0.05) is 30.4 Å². The monoisotopic (exact) mass is 445 g/mol. The molecule has 0 saturated heterocycles. The molecule has 2 rings (SSSR count). The number of allylic oxidation sites excluding steroid dienone is 3. The minimum absolute atomic E-state index is 0.0955. The number of carbonyl (C=O) groups is 1. The zero-order chi connectivity index (χ0) is 22.8. The lowest BCUT2D eigenvalue weighted by atomic mass is 10.1. The number of hydrogen-bond acceptors (Lipinski definition) is 8. The van der Waals surface area contributed by atoms with Crippen LogP contribution in [0.2, 0.25) is 0 Å². The van der Waals surface area contributed by atoms with Gasteiger partial charge in [-0.25, -0.2) is 4.98 Å². The van der Waals surface area contributed by atoms with E-state index in [0.717, 1.165) is 35.9 Å². The van der Waals surface area contributed by atoms with Crippen LogP contribution in [0, 0.1) is 0 Å². The first kappa shape index (κ1) is 24.2. The van der Waals surface area contributed by atoms with E-state index >= 15 is 0 Å². The molecule has 0 fully saturated rings. The Bertz CT molecular complexity index is 967. The second kappa shape index (κ2) is 12.0. The third-order valence-electron chi connectivity index (χ3n) is 4.25. The summed E-state index contributed by atoms with van der Waals surface area (Å²) in [5.41, 5.74) is 7.14. The summed E-state index contributed by atoms with van der Waals surface area (Å²) >= 11 is 1.11. The van der Waals surface area contributed by atoms with Gasteiger partial charge in [0.25, 0.3) is 0 Å². The number of halogens is 1. The highest BCUT2D eigenvalue weighted by Gasteiger charge is 2.19. The highest BCUT2D eigenvalue weighted by molar-refractivity contribution is 7.18. The Labute approximate surface area is 185 Å². The number of nitrogens with zero attached hydrogens (tertiary/aromatic N) is 2. The summed E-state index contributed by atoms with van der Waals surface area (Å²) in [4.78, 5) is 20.7. The summed E-state index contributed by atoms with van der Waals surface area (Å²) in [5, 5.41) is 6.78. The average Bonchev–Trinajstić information content (AvgIpc) is 3.14. The molecule has 0 unspecified atom stereocenters. The van der Waals surface area contributed by atoms with Crippen molar-refractivity contribution >= 4 is 39.7 Å². The molecule has 1 aromatic heterocycles. The molecule has 0 aliphatic carbocycles. The van der Waals surface area contributed by atoms with E-state index < -0.39 is 11.7 Å². The Morgan fingerprint density at radius 1 is 1.35 bits per heavy atom. The third-order valence-corrected chi connectivity index (χ3v) is 5.23. The van der Waals surface area contributed by atoms with Crippen LogP contribution in [0.15, 0.2) is 53.1 Å². The van der Waals surface area contributed by atoms with Crippen molar-refractivity contribution in [3.63, 3.8) is 0 Å². The Kier molecular flexibility index (Phi) is 9.36. The van der Waals surface area contributed by atoms with Gasteiger partial charge in [-0.3, -0.25) is 9.79 Å². The van der Waals surface area contributed by atoms with Crippen LogP contribution in [0.3, 0.4) is 0 Å². The quantitative estimate of drug-likeness (QED) is 0.146. The van der Waals surface area contributed by atoms with Crippen molar-refractivity contribution in [2.75, 3.05) is 37.8 Å².